The number of aliphatic hydroxyl groups is 2. The molecule has 1 aliphatic heterocycles. The molecule has 194 valence electrons. The van der Waals surface area contributed by atoms with Crippen LogP contribution in [0.15, 0.2) is 54.7 Å². The van der Waals surface area contributed by atoms with Crippen molar-refractivity contribution in [3.8, 4) is 0 Å². The van der Waals surface area contributed by atoms with Crippen LogP contribution in [0.25, 0.3) is 0 Å². The monoisotopic (exact) mass is 493 g/mol. The summed E-state index contributed by atoms with van der Waals surface area (Å²) >= 11 is 0. The number of anilines is 1. The van der Waals surface area contributed by atoms with Crippen LogP contribution in [0.1, 0.15) is 50.5 Å². The van der Waals surface area contributed by atoms with Crippen molar-refractivity contribution in [3.05, 3.63) is 60.3 Å². The first-order chi connectivity index (χ1) is 17.3. The summed E-state index contributed by atoms with van der Waals surface area (Å²) in [5.74, 6) is 0.572. The maximum atomic E-state index is 13.7. The molecule has 3 fully saturated rings. The Morgan fingerprint density at radius 1 is 1.03 bits per heavy atom. The van der Waals surface area contributed by atoms with Crippen LogP contribution in [0, 0.1) is 0 Å². The number of nitrogens with one attached hydrogen (secondary N) is 1. The second kappa shape index (κ2) is 9.65. The van der Waals surface area contributed by atoms with Gasteiger partial charge in [-0.05, 0) is 76.7 Å². The molecule has 8 heteroatoms. The summed E-state index contributed by atoms with van der Waals surface area (Å²) < 4.78 is 0. The predicted molar refractivity (Wildman–Crippen MR) is 139 cm³/mol. The maximum absolute atomic E-state index is 13.7. The molecular formula is C28H39N5O3. The molecule has 3 aliphatic rings. The van der Waals surface area contributed by atoms with E-state index in [1.165, 1.54) is 5.56 Å². The van der Waals surface area contributed by atoms with Crippen LogP contribution >= 0.6 is 0 Å². The number of amides is 2. The summed E-state index contributed by atoms with van der Waals surface area (Å²) in [4.78, 5) is 24.0. The predicted octanol–water partition coefficient (Wildman–Crippen LogP) is 3.23. The molecule has 3 N–H and O–H groups in total. The topological polar surface area (TPSA) is 92.2 Å². The van der Waals surface area contributed by atoms with Gasteiger partial charge in [0, 0.05) is 18.3 Å². The van der Waals surface area contributed by atoms with E-state index in [1.54, 1.807) is 17.2 Å². The van der Waals surface area contributed by atoms with Crippen molar-refractivity contribution in [1.29, 1.82) is 0 Å². The van der Waals surface area contributed by atoms with Crippen LogP contribution in [-0.4, -0.2) is 87.0 Å². The third-order valence-corrected chi connectivity index (χ3v) is 8.84. The van der Waals surface area contributed by atoms with E-state index in [0.717, 1.165) is 44.9 Å². The SMILES string of the molecule is CN(C)C1(c2ccccc2)CCC2(CC1)CN(C[C@@H](O)Nc1ccccn1)C(=O)N2CC1(O)CCC1. The molecule has 5 rings (SSSR count). The van der Waals surface area contributed by atoms with Crippen LogP contribution in [0.5, 0.6) is 0 Å². The molecule has 2 aliphatic carbocycles. The zero-order valence-corrected chi connectivity index (χ0v) is 21.4. The van der Waals surface area contributed by atoms with Gasteiger partial charge in [-0.3, -0.25) is 4.90 Å². The molecule has 1 aromatic heterocycles. The van der Waals surface area contributed by atoms with Crippen LogP contribution in [0.3, 0.4) is 0 Å². The Hall–Kier alpha value is -2.68. The van der Waals surface area contributed by atoms with Crippen LogP contribution in [0.2, 0.25) is 0 Å². The zero-order valence-electron chi connectivity index (χ0n) is 21.4. The Labute approximate surface area is 213 Å². The largest absolute Gasteiger partial charge is 0.388 e. The number of hydrogen-bond acceptors (Lipinski definition) is 6. The Morgan fingerprint density at radius 2 is 1.72 bits per heavy atom. The van der Waals surface area contributed by atoms with Crippen molar-refractivity contribution in [2.45, 2.75) is 67.9 Å². The molecule has 8 nitrogen and oxygen atoms in total. The quantitative estimate of drug-likeness (QED) is 0.489. The number of aromatic nitrogens is 1. The normalized spacial score (nSPS) is 28.4. The highest BCUT2D eigenvalue weighted by Crippen LogP contribution is 2.50. The lowest BCUT2D eigenvalue weighted by atomic mass is 9.67. The number of hydrogen-bond donors (Lipinski definition) is 3. The van der Waals surface area contributed by atoms with Crippen molar-refractivity contribution in [3.63, 3.8) is 0 Å². The van der Waals surface area contributed by atoms with E-state index < -0.39 is 11.8 Å². The van der Waals surface area contributed by atoms with Gasteiger partial charge in [-0.15, -0.1) is 0 Å². The molecule has 1 atom stereocenters. The molecule has 2 heterocycles. The number of carbonyl (C=O) groups is 1. The number of urea groups is 1. The summed E-state index contributed by atoms with van der Waals surface area (Å²) in [6, 6.07) is 16.0. The standard InChI is InChI=1S/C28H39N5O3/c1-31(2)28(22-9-4-3-5-10-22)16-14-26(15-17-28)20-32(19-24(34)30-23-11-6-7-18-29-23)25(35)33(26)21-27(36)12-8-13-27/h3-7,9-11,18,24,34,36H,8,12-17,19-21H2,1-2H3,(H,29,30)/t24-,26?,28?/m1/s1. The summed E-state index contributed by atoms with van der Waals surface area (Å²) in [7, 11) is 4.29. The van der Waals surface area contributed by atoms with E-state index in [2.05, 4.69) is 59.6 Å². The summed E-state index contributed by atoms with van der Waals surface area (Å²) in [5, 5.41) is 24.8. The highest BCUT2D eigenvalue weighted by molar-refractivity contribution is 5.78. The van der Waals surface area contributed by atoms with E-state index in [4.69, 9.17) is 0 Å². The number of carbonyl (C=O) groups excluding carboxylic acids is 1. The summed E-state index contributed by atoms with van der Waals surface area (Å²) in [5.41, 5.74) is 0.0906. The Kier molecular flexibility index (Phi) is 6.70. The molecule has 0 bridgehead atoms. The van der Waals surface area contributed by atoms with Crippen molar-refractivity contribution < 1.29 is 15.0 Å². The van der Waals surface area contributed by atoms with E-state index in [0.29, 0.717) is 18.9 Å². The number of benzene rings is 1. The Balaban J connectivity index is 1.36. The first-order valence-corrected chi connectivity index (χ1v) is 13.1. The van der Waals surface area contributed by atoms with E-state index in [1.807, 2.05) is 17.0 Å². The zero-order chi connectivity index (χ0) is 25.4. The second-order valence-corrected chi connectivity index (χ2v) is 11.2. The third-order valence-electron chi connectivity index (χ3n) is 8.84. The first-order valence-electron chi connectivity index (χ1n) is 13.1. The average Bonchev–Trinajstić information content (AvgIpc) is 3.09. The van der Waals surface area contributed by atoms with E-state index in [-0.39, 0.29) is 23.7 Å². The lowest BCUT2D eigenvalue weighted by Crippen LogP contribution is -2.59. The smallest absolute Gasteiger partial charge is 0.320 e. The molecule has 2 aromatic rings. The minimum Gasteiger partial charge on any atom is -0.388 e. The highest BCUT2D eigenvalue weighted by Gasteiger charge is 2.56. The Bertz CT molecular complexity index is 1040. The molecule has 36 heavy (non-hydrogen) atoms. The van der Waals surface area contributed by atoms with Gasteiger partial charge >= 0.3 is 6.03 Å². The molecule has 0 radical (unpaired) electrons. The number of aliphatic hydroxyl groups excluding tert-OH is 1. The van der Waals surface area contributed by atoms with Gasteiger partial charge in [-0.2, -0.15) is 0 Å². The van der Waals surface area contributed by atoms with Gasteiger partial charge in [0.2, 0.25) is 0 Å². The molecule has 2 amide bonds. The molecule has 1 saturated heterocycles. The molecule has 1 spiro atoms. The van der Waals surface area contributed by atoms with Crippen LogP contribution in [-0.2, 0) is 5.54 Å². The number of nitrogens with zero attached hydrogens (tertiary/aromatic N) is 4. The summed E-state index contributed by atoms with van der Waals surface area (Å²) in [6.45, 7) is 1.09. The van der Waals surface area contributed by atoms with Gasteiger partial charge in [0.05, 0.1) is 24.2 Å². The van der Waals surface area contributed by atoms with Crippen LogP contribution < -0.4 is 5.32 Å². The fourth-order valence-electron chi connectivity index (χ4n) is 6.47. The van der Waals surface area contributed by atoms with Gasteiger partial charge in [-0.25, -0.2) is 9.78 Å². The molecule has 1 aromatic carbocycles. The van der Waals surface area contributed by atoms with E-state index in [9.17, 15) is 15.0 Å². The lowest BCUT2D eigenvalue weighted by molar-refractivity contribution is -0.0725. The minimum absolute atomic E-state index is 0.0813. The van der Waals surface area contributed by atoms with Crippen LogP contribution in [0.4, 0.5) is 10.6 Å². The lowest BCUT2D eigenvalue weighted by Gasteiger charge is -2.52. The molecule has 2 saturated carbocycles. The van der Waals surface area contributed by atoms with Gasteiger partial charge < -0.3 is 25.3 Å². The number of pyridine rings is 1. The number of rotatable bonds is 8. The maximum Gasteiger partial charge on any atom is 0.320 e. The number of β-amino-alcohol motifs (C(OH)–C–C–N with tert-alkyl or cyclic N) is 2. The molecular weight excluding hydrogens is 454 g/mol. The average molecular weight is 494 g/mol. The van der Waals surface area contributed by atoms with Gasteiger partial charge in [0.1, 0.15) is 12.0 Å². The minimum atomic E-state index is -0.929. The fraction of sp³-hybridized carbons (Fsp3) is 0.571. The fourth-order valence-corrected chi connectivity index (χ4v) is 6.47. The summed E-state index contributed by atoms with van der Waals surface area (Å²) in [6.07, 6.45) is 6.76. The van der Waals surface area contributed by atoms with Gasteiger partial charge in [0.25, 0.3) is 0 Å². The Morgan fingerprint density at radius 3 is 2.31 bits per heavy atom. The first kappa shape index (κ1) is 25.0. The van der Waals surface area contributed by atoms with E-state index >= 15 is 0 Å². The van der Waals surface area contributed by atoms with Crippen molar-refractivity contribution >= 4 is 11.8 Å². The second-order valence-electron chi connectivity index (χ2n) is 11.2. The van der Waals surface area contributed by atoms with Crippen molar-refractivity contribution in [1.82, 2.24) is 19.7 Å². The van der Waals surface area contributed by atoms with Crippen molar-refractivity contribution in [2.24, 2.45) is 0 Å². The van der Waals surface area contributed by atoms with Crippen molar-refractivity contribution in [2.75, 3.05) is 39.0 Å². The van der Waals surface area contributed by atoms with Gasteiger partial charge in [0.15, 0.2) is 0 Å². The highest BCUT2D eigenvalue weighted by atomic mass is 16.3. The third kappa shape index (κ3) is 4.58. The molecule has 0 unspecified atom stereocenters. The van der Waals surface area contributed by atoms with Gasteiger partial charge in [-0.1, -0.05) is 36.4 Å².